The van der Waals surface area contributed by atoms with Crippen molar-refractivity contribution in [3.63, 3.8) is 0 Å². The first-order chi connectivity index (χ1) is 9.25. The molecule has 1 aromatic carbocycles. The summed E-state index contributed by atoms with van der Waals surface area (Å²) in [6.45, 7) is 6.99. The molecule has 0 spiro atoms. The van der Waals surface area contributed by atoms with Crippen LogP contribution in [0.5, 0.6) is 0 Å². The Kier molecular flexibility index (Phi) is 4.54. The maximum Gasteiger partial charge on any atom is 0.110 e. The summed E-state index contributed by atoms with van der Waals surface area (Å²) < 4.78 is 0. The minimum Gasteiger partial charge on any atom is -0.266 e. The Hall–Kier alpha value is -1.41. The molecule has 0 unspecified atom stereocenters. The summed E-state index contributed by atoms with van der Waals surface area (Å²) in [7, 11) is -1.37. The Morgan fingerprint density at radius 1 is 0.842 bits per heavy atom. The lowest BCUT2D eigenvalue weighted by molar-refractivity contribution is 1.17. The van der Waals surface area contributed by atoms with E-state index in [1.807, 2.05) is 6.20 Å². The molecule has 2 heteroatoms. The summed E-state index contributed by atoms with van der Waals surface area (Å²) in [6, 6.07) is 18.9. The van der Waals surface area contributed by atoms with Crippen molar-refractivity contribution in [3.05, 3.63) is 48.7 Å². The minimum absolute atomic E-state index is 1.28. The zero-order chi connectivity index (χ0) is 13.7. The largest absolute Gasteiger partial charge is 0.266 e. The number of aromatic nitrogens is 1. The van der Waals surface area contributed by atoms with Crippen LogP contribution in [-0.2, 0) is 0 Å². The monoisotopic (exact) mass is 269 g/mol. The molecule has 2 aromatic rings. The van der Waals surface area contributed by atoms with Crippen LogP contribution in [-0.4, -0.2) is 13.1 Å². The molecule has 0 aliphatic rings. The summed E-state index contributed by atoms with van der Waals surface area (Å²) in [5.74, 6) is 0. The van der Waals surface area contributed by atoms with Gasteiger partial charge in [-0.15, -0.1) is 0 Å². The van der Waals surface area contributed by atoms with Gasteiger partial charge in [0.1, 0.15) is 8.07 Å². The van der Waals surface area contributed by atoms with Gasteiger partial charge in [0.05, 0.1) is 0 Å². The Balaban J connectivity index is 2.45. The predicted molar refractivity (Wildman–Crippen MR) is 86.5 cm³/mol. The van der Waals surface area contributed by atoms with Gasteiger partial charge in [0, 0.05) is 11.5 Å². The van der Waals surface area contributed by atoms with Gasteiger partial charge < -0.3 is 0 Å². The summed E-state index contributed by atoms with van der Waals surface area (Å²) >= 11 is 0. The minimum atomic E-state index is -1.37. The van der Waals surface area contributed by atoms with E-state index in [0.717, 1.165) is 0 Å². The third-order valence-corrected chi connectivity index (χ3v) is 9.86. The van der Waals surface area contributed by atoms with Crippen molar-refractivity contribution >= 4 is 13.4 Å². The van der Waals surface area contributed by atoms with Crippen LogP contribution in [0.3, 0.4) is 0 Å². The lowest BCUT2D eigenvalue weighted by atomic mass is 10.1. The quantitative estimate of drug-likeness (QED) is 0.730. The van der Waals surface area contributed by atoms with Crippen LogP contribution < -0.4 is 5.32 Å². The highest BCUT2D eigenvalue weighted by Gasteiger charge is 2.30. The van der Waals surface area contributed by atoms with Crippen LogP contribution in [0.15, 0.2) is 48.7 Å². The fourth-order valence-corrected chi connectivity index (χ4v) is 6.22. The predicted octanol–water partition coefficient (Wildman–Crippen LogP) is 4.46. The molecule has 0 saturated heterocycles. The van der Waals surface area contributed by atoms with Gasteiger partial charge in [-0.3, -0.25) is 4.98 Å². The second kappa shape index (κ2) is 6.16. The van der Waals surface area contributed by atoms with E-state index >= 15 is 0 Å². The Labute approximate surface area is 117 Å². The van der Waals surface area contributed by atoms with Crippen LogP contribution in [0.2, 0.25) is 18.1 Å². The maximum absolute atomic E-state index is 4.71. The number of nitrogens with zero attached hydrogens (tertiary/aromatic N) is 1. The van der Waals surface area contributed by atoms with Crippen molar-refractivity contribution < 1.29 is 0 Å². The van der Waals surface area contributed by atoms with Gasteiger partial charge in [0.25, 0.3) is 0 Å². The highest BCUT2D eigenvalue weighted by molar-refractivity contribution is 6.91. The molecule has 100 valence electrons. The zero-order valence-corrected chi connectivity index (χ0v) is 13.2. The average Bonchev–Trinajstić information content (AvgIpc) is 2.51. The van der Waals surface area contributed by atoms with Gasteiger partial charge in [-0.2, -0.15) is 0 Å². The average molecular weight is 269 g/mol. The van der Waals surface area contributed by atoms with Gasteiger partial charge in [0.2, 0.25) is 0 Å². The third kappa shape index (κ3) is 2.79. The van der Waals surface area contributed by atoms with Crippen LogP contribution in [0.1, 0.15) is 20.8 Å². The fraction of sp³-hybridized carbons (Fsp3) is 0.353. The molecule has 0 amide bonds. The number of pyridine rings is 1. The molecule has 0 atom stereocenters. The number of hydrogen-bond donors (Lipinski definition) is 0. The summed E-state index contributed by atoms with van der Waals surface area (Å²) in [6.07, 6.45) is 1.99. The molecule has 19 heavy (non-hydrogen) atoms. The second-order valence-corrected chi connectivity index (χ2v) is 10.3. The summed E-state index contributed by atoms with van der Waals surface area (Å²) in [5, 5.41) is 1.38. The molecule has 0 aliphatic carbocycles. The summed E-state index contributed by atoms with van der Waals surface area (Å²) in [5.41, 5.74) is 2.59. The number of rotatable bonds is 5. The molecular formula is C17H23NSi. The van der Waals surface area contributed by atoms with Crippen LogP contribution in [0.25, 0.3) is 11.1 Å². The third-order valence-electron chi connectivity index (χ3n) is 4.44. The molecule has 0 bridgehead atoms. The molecule has 1 aromatic heterocycles. The van der Waals surface area contributed by atoms with Crippen molar-refractivity contribution in [1.82, 2.24) is 4.98 Å². The fourth-order valence-electron chi connectivity index (χ4n) is 2.82. The number of benzene rings is 1. The molecular weight excluding hydrogens is 246 g/mol. The van der Waals surface area contributed by atoms with Crippen molar-refractivity contribution in [2.75, 3.05) is 0 Å². The van der Waals surface area contributed by atoms with Gasteiger partial charge in [-0.25, -0.2) is 0 Å². The van der Waals surface area contributed by atoms with Gasteiger partial charge in [0.15, 0.2) is 0 Å². The van der Waals surface area contributed by atoms with E-state index in [2.05, 4.69) is 63.2 Å². The van der Waals surface area contributed by atoms with Crippen molar-refractivity contribution in [3.8, 4) is 11.1 Å². The molecule has 0 radical (unpaired) electrons. The first-order valence-electron chi connectivity index (χ1n) is 7.27. The molecule has 0 saturated carbocycles. The van der Waals surface area contributed by atoms with E-state index in [1.54, 1.807) is 0 Å². The van der Waals surface area contributed by atoms with Crippen molar-refractivity contribution in [1.29, 1.82) is 0 Å². The highest BCUT2D eigenvalue weighted by atomic mass is 28.3. The number of hydrogen-bond acceptors (Lipinski definition) is 1. The second-order valence-electron chi connectivity index (χ2n) is 5.14. The Morgan fingerprint density at radius 3 is 2.05 bits per heavy atom. The van der Waals surface area contributed by atoms with E-state index < -0.39 is 8.07 Å². The summed E-state index contributed by atoms with van der Waals surface area (Å²) in [4.78, 5) is 4.71. The molecule has 0 N–H and O–H groups in total. The lowest BCUT2D eigenvalue weighted by Crippen LogP contribution is -2.47. The molecule has 1 nitrogen and oxygen atoms in total. The van der Waals surface area contributed by atoms with Gasteiger partial charge in [-0.1, -0.05) is 69.2 Å². The van der Waals surface area contributed by atoms with E-state index in [4.69, 9.17) is 4.98 Å². The SMILES string of the molecule is CC[Si](CC)(CC)c1cc(-c2ccccc2)ccn1. The zero-order valence-electron chi connectivity index (χ0n) is 12.2. The smallest absolute Gasteiger partial charge is 0.110 e. The van der Waals surface area contributed by atoms with Gasteiger partial charge in [-0.05, 0) is 23.3 Å². The Morgan fingerprint density at radius 2 is 1.47 bits per heavy atom. The first-order valence-corrected chi connectivity index (χ1v) is 9.90. The van der Waals surface area contributed by atoms with Crippen LogP contribution >= 0.6 is 0 Å². The topological polar surface area (TPSA) is 12.9 Å². The molecule has 2 rings (SSSR count). The van der Waals surface area contributed by atoms with Gasteiger partial charge >= 0.3 is 0 Å². The van der Waals surface area contributed by atoms with Crippen molar-refractivity contribution in [2.45, 2.75) is 38.9 Å². The first kappa shape index (κ1) is 14.0. The highest BCUT2D eigenvalue weighted by Crippen LogP contribution is 2.22. The Bertz CT molecular complexity index is 510. The standard InChI is InChI=1S/C17H23NSi/c1-4-19(5-2,6-3)17-14-16(12-13-18-17)15-10-8-7-9-11-15/h7-14H,4-6H2,1-3H3. The van der Waals surface area contributed by atoms with E-state index in [9.17, 15) is 0 Å². The van der Waals surface area contributed by atoms with Crippen molar-refractivity contribution in [2.24, 2.45) is 0 Å². The van der Waals surface area contributed by atoms with E-state index in [0.29, 0.717) is 0 Å². The van der Waals surface area contributed by atoms with E-state index in [1.165, 1.54) is 34.6 Å². The maximum atomic E-state index is 4.71. The lowest BCUT2D eigenvalue weighted by Gasteiger charge is -2.27. The molecule has 1 heterocycles. The normalized spacial score (nSPS) is 11.5. The molecule has 0 aliphatic heterocycles. The van der Waals surface area contributed by atoms with Crippen LogP contribution in [0, 0.1) is 0 Å². The molecule has 0 fully saturated rings. The van der Waals surface area contributed by atoms with E-state index in [-0.39, 0.29) is 0 Å². The van der Waals surface area contributed by atoms with Crippen LogP contribution in [0.4, 0.5) is 0 Å².